The number of hydrogen-bond donors (Lipinski definition) is 2. The summed E-state index contributed by atoms with van der Waals surface area (Å²) in [5, 5.41) is 5.70. The Morgan fingerprint density at radius 1 is 1.30 bits per heavy atom. The lowest BCUT2D eigenvalue weighted by Crippen LogP contribution is -2.42. The van der Waals surface area contributed by atoms with Gasteiger partial charge in [-0.2, -0.15) is 0 Å². The van der Waals surface area contributed by atoms with Crippen LogP contribution in [0, 0.1) is 6.92 Å². The van der Waals surface area contributed by atoms with E-state index in [0.717, 1.165) is 10.3 Å². The number of nitrogens with one attached hydrogen (secondary N) is 2. The van der Waals surface area contributed by atoms with Crippen LogP contribution in [0.25, 0.3) is 5.65 Å². The molecular formula is C22H22BrCl2N5O3. The fourth-order valence-electron chi connectivity index (χ4n) is 3.00. The molecule has 0 aliphatic heterocycles. The van der Waals surface area contributed by atoms with Gasteiger partial charge in [-0.05, 0) is 47.1 Å². The minimum absolute atomic E-state index is 0.0684. The molecule has 3 rings (SSSR count). The highest BCUT2D eigenvalue weighted by Gasteiger charge is 2.20. The highest BCUT2D eigenvalue weighted by atomic mass is 79.9. The number of rotatable bonds is 8. The highest BCUT2D eigenvalue weighted by molar-refractivity contribution is 9.10. The molecule has 8 nitrogen and oxygen atoms in total. The molecule has 33 heavy (non-hydrogen) atoms. The van der Waals surface area contributed by atoms with Crippen molar-refractivity contribution in [1.82, 2.24) is 20.0 Å². The predicted molar refractivity (Wildman–Crippen MR) is 133 cm³/mol. The van der Waals surface area contributed by atoms with Crippen LogP contribution in [0.15, 0.2) is 47.7 Å². The van der Waals surface area contributed by atoms with Crippen LogP contribution in [0.3, 0.4) is 0 Å². The molecule has 2 heterocycles. The van der Waals surface area contributed by atoms with Crippen LogP contribution in [0.5, 0.6) is 5.75 Å². The average molecular weight is 555 g/mol. The van der Waals surface area contributed by atoms with Crippen LogP contribution >= 0.6 is 39.1 Å². The highest BCUT2D eigenvalue weighted by Crippen LogP contribution is 2.35. The zero-order valence-electron chi connectivity index (χ0n) is 18.0. The summed E-state index contributed by atoms with van der Waals surface area (Å²) < 4.78 is 8.71. The maximum Gasteiger partial charge on any atom is 0.315 e. The Hall–Kier alpha value is -2.75. The molecule has 0 atom stereocenters. The van der Waals surface area contributed by atoms with Gasteiger partial charge in [-0.3, -0.25) is 9.20 Å². The van der Waals surface area contributed by atoms with E-state index in [-0.39, 0.29) is 24.1 Å². The van der Waals surface area contributed by atoms with Crippen molar-refractivity contribution in [2.75, 3.05) is 25.0 Å². The molecule has 2 aromatic heterocycles. The zero-order chi connectivity index (χ0) is 24.1. The lowest BCUT2D eigenvalue weighted by molar-refractivity contribution is -0.117. The van der Waals surface area contributed by atoms with Crippen LogP contribution in [-0.2, 0) is 11.4 Å². The van der Waals surface area contributed by atoms with Crippen molar-refractivity contribution in [3.63, 3.8) is 0 Å². The van der Waals surface area contributed by atoms with E-state index in [0.29, 0.717) is 34.2 Å². The third-order valence-electron chi connectivity index (χ3n) is 4.80. The summed E-state index contributed by atoms with van der Waals surface area (Å²) >= 11 is 16.5. The molecule has 0 aliphatic carbocycles. The van der Waals surface area contributed by atoms with E-state index in [2.05, 4.69) is 38.1 Å². The number of likely N-dealkylation sites (N-methyl/N-ethyl adjacent to an activating group) is 1. The number of hydrogen-bond acceptors (Lipinski definition) is 4. The second kappa shape index (κ2) is 10.9. The number of amides is 3. The van der Waals surface area contributed by atoms with Crippen molar-refractivity contribution in [1.29, 1.82) is 0 Å². The Bertz CT molecular complexity index is 1210. The van der Waals surface area contributed by atoms with Gasteiger partial charge in [-0.15, -0.1) is 6.58 Å². The Balaban J connectivity index is 1.76. The normalized spacial score (nSPS) is 10.7. The lowest BCUT2D eigenvalue weighted by Gasteiger charge is -2.21. The number of ether oxygens (including phenoxy) is 1. The van der Waals surface area contributed by atoms with Gasteiger partial charge in [0.1, 0.15) is 11.2 Å². The SMILES string of the molecule is C=CCNC(=O)NCC(=O)N(C)c1ccc(Cl)c(COc2cccn3c(Br)c(C)nc23)c1Cl. The first kappa shape index (κ1) is 24.9. The fraction of sp³-hybridized carbons (Fsp3) is 0.227. The Morgan fingerprint density at radius 3 is 2.79 bits per heavy atom. The standard InChI is InChI=1S/C22H22BrCl2N5O3/c1-4-9-26-22(32)27-11-18(31)29(3)16-8-7-15(24)14(19(16)25)12-33-17-6-5-10-30-20(23)13(2)28-21(17)30/h4-8,10H,1,9,11-12H2,2-3H3,(H2,26,27,32). The summed E-state index contributed by atoms with van der Waals surface area (Å²) in [6, 6.07) is 6.46. The third kappa shape index (κ3) is 5.61. The molecule has 0 aliphatic rings. The quantitative estimate of drug-likeness (QED) is 0.394. The first-order valence-electron chi connectivity index (χ1n) is 9.86. The number of urea groups is 1. The van der Waals surface area contributed by atoms with Gasteiger partial charge in [-0.25, -0.2) is 9.78 Å². The Labute approximate surface area is 209 Å². The predicted octanol–water partition coefficient (Wildman–Crippen LogP) is 4.74. The summed E-state index contributed by atoms with van der Waals surface area (Å²) in [5.41, 5.74) is 2.45. The summed E-state index contributed by atoms with van der Waals surface area (Å²) in [7, 11) is 1.57. The van der Waals surface area contributed by atoms with E-state index < -0.39 is 6.03 Å². The van der Waals surface area contributed by atoms with Crippen molar-refractivity contribution < 1.29 is 14.3 Å². The van der Waals surface area contributed by atoms with Crippen molar-refractivity contribution >= 4 is 62.4 Å². The number of pyridine rings is 1. The third-order valence-corrected chi connectivity index (χ3v) is 6.53. The monoisotopic (exact) mass is 553 g/mol. The molecule has 0 saturated carbocycles. The number of anilines is 1. The number of nitrogens with zero attached hydrogens (tertiary/aromatic N) is 3. The molecule has 0 bridgehead atoms. The number of imidazole rings is 1. The number of aromatic nitrogens is 2. The largest absolute Gasteiger partial charge is 0.485 e. The molecule has 0 radical (unpaired) electrons. The lowest BCUT2D eigenvalue weighted by atomic mass is 10.2. The Morgan fingerprint density at radius 2 is 2.06 bits per heavy atom. The van der Waals surface area contributed by atoms with E-state index in [9.17, 15) is 9.59 Å². The fourth-order valence-corrected chi connectivity index (χ4v) is 3.98. The van der Waals surface area contributed by atoms with Crippen LogP contribution in [0.4, 0.5) is 10.5 Å². The summed E-state index contributed by atoms with van der Waals surface area (Å²) in [6.45, 7) is 5.56. The Kier molecular flexibility index (Phi) is 8.23. The second-order valence-electron chi connectivity index (χ2n) is 7.01. The van der Waals surface area contributed by atoms with E-state index in [1.807, 2.05) is 23.6 Å². The van der Waals surface area contributed by atoms with Crippen molar-refractivity contribution in [2.45, 2.75) is 13.5 Å². The van der Waals surface area contributed by atoms with Crippen LogP contribution in [0.2, 0.25) is 10.0 Å². The van der Waals surface area contributed by atoms with Crippen molar-refractivity contribution in [3.8, 4) is 5.75 Å². The molecule has 174 valence electrons. The van der Waals surface area contributed by atoms with Crippen molar-refractivity contribution in [3.05, 3.63) is 69.0 Å². The van der Waals surface area contributed by atoms with E-state index in [1.54, 1.807) is 25.2 Å². The van der Waals surface area contributed by atoms with E-state index in [4.69, 9.17) is 27.9 Å². The van der Waals surface area contributed by atoms with Gasteiger partial charge >= 0.3 is 6.03 Å². The van der Waals surface area contributed by atoms with Gasteiger partial charge in [0.15, 0.2) is 11.4 Å². The zero-order valence-corrected chi connectivity index (χ0v) is 21.1. The van der Waals surface area contributed by atoms with Crippen LogP contribution < -0.4 is 20.3 Å². The van der Waals surface area contributed by atoms with Crippen molar-refractivity contribution in [2.24, 2.45) is 0 Å². The van der Waals surface area contributed by atoms with Crippen LogP contribution in [0.1, 0.15) is 11.3 Å². The maximum atomic E-state index is 12.6. The van der Waals surface area contributed by atoms with E-state index >= 15 is 0 Å². The molecule has 0 unspecified atom stereocenters. The summed E-state index contributed by atoms with van der Waals surface area (Å²) in [6.07, 6.45) is 3.41. The van der Waals surface area contributed by atoms with Gasteiger partial charge in [0.05, 0.1) is 22.9 Å². The molecule has 2 N–H and O–H groups in total. The number of carbonyl (C=O) groups is 2. The molecule has 11 heteroatoms. The van der Waals surface area contributed by atoms with Gasteiger partial charge in [0.25, 0.3) is 0 Å². The smallest absolute Gasteiger partial charge is 0.315 e. The molecular weight excluding hydrogens is 533 g/mol. The molecule has 0 saturated heterocycles. The first-order valence-corrected chi connectivity index (χ1v) is 11.4. The van der Waals surface area contributed by atoms with Crippen LogP contribution in [-0.4, -0.2) is 41.5 Å². The number of halogens is 3. The van der Waals surface area contributed by atoms with Gasteiger partial charge in [0, 0.05) is 30.4 Å². The molecule has 0 spiro atoms. The number of fused-ring (bicyclic) bond motifs is 1. The van der Waals surface area contributed by atoms with Gasteiger partial charge in [-0.1, -0.05) is 29.3 Å². The average Bonchev–Trinajstić information content (AvgIpc) is 3.09. The summed E-state index contributed by atoms with van der Waals surface area (Å²) in [4.78, 5) is 30.1. The molecule has 0 fully saturated rings. The second-order valence-corrected chi connectivity index (χ2v) is 8.54. The number of benzene rings is 1. The topological polar surface area (TPSA) is 88.0 Å². The first-order chi connectivity index (χ1) is 15.7. The molecule has 3 aromatic rings. The van der Waals surface area contributed by atoms with Gasteiger partial charge < -0.3 is 20.3 Å². The number of aryl methyl sites for hydroxylation is 1. The van der Waals surface area contributed by atoms with Gasteiger partial charge in [0.2, 0.25) is 5.91 Å². The maximum absolute atomic E-state index is 12.6. The minimum Gasteiger partial charge on any atom is -0.485 e. The molecule has 3 amide bonds. The summed E-state index contributed by atoms with van der Waals surface area (Å²) in [5.74, 6) is 0.199. The number of carbonyl (C=O) groups excluding carboxylic acids is 2. The van der Waals surface area contributed by atoms with E-state index in [1.165, 1.54) is 11.0 Å². The minimum atomic E-state index is -0.469. The molecule has 1 aromatic carbocycles.